The normalized spacial score (nSPS) is 10.4. The monoisotopic (exact) mass is 457 g/mol. The lowest BCUT2D eigenvalue weighted by atomic mass is 10.1. The van der Waals surface area contributed by atoms with E-state index >= 15 is 0 Å². The summed E-state index contributed by atoms with van der Waals surface area (Å²) in [6.45, 7) is 6.24. The van der Waals surface area contributed by atoms with Crippen LogP contribution < -0.4 is 21.3 Å². The maximum atomic E-state index is 13.1. The van der Waals surface area contributed by atoms with E-state index in [0.717, 1.165) is 0 Å². The molecule has 4 aromatic rings. The van der Waals surface area contributed by atoms with E-state index in [9.17, 15) is 4.79 Å². The van der Waals surface area contributed by atoms with Gasteiger partial charge in [-0.3, -0.25) is 15.6 Å². The number of carbonyl (C=O) groups is 1. The number of rotatable bonds is 8. The molecular formula is C22H19N9O3. The molecule has 0 unspecified atom stereocenters. The van der Waals surface area contributed by atoms with Crippen LogP contribution >= 0.6 is 0 Å². The summed E-state index contributed by atoms with van der Waals surface area (Å²) in [6.07, 6.45) is 0. The van der Waals surface area contributed by atoms with Crippen molar-refractivity contribution in [1.82, 2.24) is 36.2 Å². The molecule has 0 fully saturated rings. The van der Waals surface area contributed by atoms with E-state index in [1.54, 1.807) is 48.5 Å². The second-order valence-electron chi connectivity index (χ2n) is 6.88. The van der Waals surface area contributed by atoms with Gasteiger partial charge in [-0.1, -0.05) is 36.1 Å². The molecule has 170 valence electrons. The number of nitrogen functional groups attached to an aromatic ring is 1. The van der Waals surface area contributed by atoms with E-state index in [1.165, 1.54) is 4.68 Å². The molecule has 12 heteroatoms. The number of amides is 1. The van der Waals surface area contributed by atoms with Gasteiger partial charge in [-0.2, -0.15) is 9.94 Å². The molecule has 2 heterocycles. The van der Waals surface area contributed by atoms with E-state index in [2.05, 4.69) is 42.7 Å². The SMILES string of the molecule is C=C(NNC(=O)c1nnn(-c2nonc2N)c1-c1cccc(OCC)c1)c1ccc(C#N)cc1. The van der Waals surface area contributed by atoms with E-state index < -0.39 is 5.91 Å². The quantitative estimate of drug-likeness (QED) is 0.333. The van der Waals surface area contributed by atoms with Crippen LogP contribution in [0.1, 0.15) is 28.5 Å². The van der Waals surface area contributed by atoms with Crippen molar-refractivity contribution in [2.24, 2.45) is 0 Å². The highest BCUT2D eigenvalue weighted by Gasteiger charge is 2.25. The molecule has 0 aliphatic rings. The first-order chi connectivity index (χ1) is 16.5. The maximum Gasteiger partial charge on any atom is 0.292 e. The molecule has 34 heavy (non-hydrogen) atoms. The average Bonchev–Trinajstić information content (AvgIpc) is 3.48. The molecule has 0 atom stereocenters. The first-order valence-corrected chi connectivity index (χ1v) is 10.0. The summed E-state index contributed by atoms with van der Waals surface area (Å²) in [5.74, 6) is 0.0651. The lowest BCUT2D eigenvalue weighted by Gasteiger charge is -2.12. The summed E-state index contributed by atoms with van der Waals surface area (Å²) in [6, 6.07) is 15.8. The Labute approximate surface area is 193 Å². The maximum absolute atomic E-state index is 13.1. The number of nitrogens with two attached hydrogens (primary N) is 1. The van der Waals surface area contributed by atoms with Crippen molar-refractivity contribution in [3.05, 3.63) is 71.9 Å². The molecule has 0 saturated heterocycles. The van der Waals surface area contributed by atoms with E-state index in [4.69, 9.17) is 15.7 Å². The molecule has 0 spiro atoms. The zero-order chi connectivity index (χ0) is 24.1. The average molecular weight is 457 g/mol. The Morgan fingerprint density at radius 1 is 1.24 bits per heavy atom. The highest BCUT2D eigenvalue weighted by Crippen LogP contribution is 2.29. The summed E-state index contributed by atoms with van der Waals surface area (Å²) in [4.78, 5) is 13.1. The van der Waals surface area contributed by atoms with Crippen molar-refractivity contribution in [1.29, 1.82) is 5.26 Å². The van der Waals surface area contributed by atoms with Crippen LogP contribution in [0.15, 0.2) is 59.7 Å². The lowest BCUT2D eigenvalue weighted by molar-refractivity contribution is 0.0938. The van der Waals surface area contributed by atoms with Gasteiger partial charge < -0.3 is 10.5 Å². The molecule has 2 aromatic carbocycles. The number of hydrazine groups is 1. The number of carbonyl (C=O) groups excluding carboxylic acids is 1. The molecule has 0 bridgehead atoms. The van der Waals surface area contributed by atoms with Crippen LogP contribution in [0.4, 0.5) is 5.82 Å². The Morgan fingerprint density at radius 3 is 2.71 bits per heavy atom. The van der Waals surface area contributed by atoms with Gasteiger partial charge in [0.1, 0.15) is 11.4 Å². The molecule has 1 amide bonds. The minimum absolute atomic E-state index is 0.0174. The summed E-state index contributed by atoms with van der Waals surface area (Å²) < 4.78 is 11.5. The second kappa shape index (κ2) is 9.53. The predicted molar refractivity (Wildman–Crippen MR) is 121 cm³/mol. The van der Waals surface area contributed by atoms with Gasteiger partial charge in [-0.15, -0.1) is 5.10 Å². The van der Waals surface area contributed by atoms with E-state index in [0.29, 0.717) is 40.4 Å². The third kappa shape index (κ3) is 4.39. The van der Waals surface area contributed by atoms with Crippen molar-refractivity contribution in [2.45, 2.75) is 6.92 Å². The Morgan fingerprint density at radius 2 is 2.03 bits per heavy atom. The molecule has 2 aromatic heterocycles. The minimum Gasteiger partial charge on any atom is -0.494 e. The highest BCUT2D eigenvalue weighted by molar-refractivity contribution is 5.98. The Kier molecular flexibility index (Phi) is 6.18. The molecule has 12 nitrogen and oxygen atoms in total. The van der Waals surface area contributed by atoms with Gasteiger partial charge in [-0.05, 0) is 47.1 Å². The number of hydrogen-bond donors (Lipinski definition) is 3. The number of benzene rings is 2. The number of aromatic nitrogens is 5. The van der Waals surface area contributed by atoms with Crippen molar-refractivity contribution >= 4 is 17.4 Å². The van der Waals surface area contributed by atoms with E-state index in [-0.39, 0.29) is 17.3 Å². The summed E-state index contributed by atoms with van der Waals surface area (Å²) in [5.41, 5.74) is 13.6. The molecule has 4 N–H and O–H groups in total. The fourth-order valence-electron chi connectivity index (χ4n) is 3.09. The Bertz CT molecular complexity index is 1380. The highest BCUT2D eigenvalue weighted by atomic mass is 16.6. The number of nitrogens with zero attached hydrogens (tertiary/aromatic N) is 6. The molecule has 0 radical (unpaired) electrons. The molecule has 0 aliphatic carbocycles. The fraction of sp³-hybridized carbons (Fsp3) is 0.0909. The largest absolute Gasteiger partial charge is 0.494 e. The number of nitrogens with one attached hydrogen (secondary N) is 2. The van der Waals surface area contributed by atoms with Gasteiger partial charge in [0, 0.05) is 5.56 Å². The van der Waals surface area contributed by atoms with Gasteiger partial charge in [0.05, 0.1) is 23.9 Å². The smallest absolute Gasteiger partial charge is 0.292 e. The minimum atomic E-state index is -0.590. The number of ether oxygens (including phenoxy) is 1. The zero-order valence-electron chi connectivity index (χ0n) is 18.0. The number of hydrogen-bond acceptors (Lipinski definition) is 10. The topological polar surface area (TPSA) is 170 Å². The van der Waals surface area contributed by atoms with Crippen LogP contribution in [0, 0.1) is 11.3 Å². The van der Waals surface area contributed by atoms with Crippen molar-refractivity contribution in [3.63, 3.8) is 0 Å². The van der Waals surface area contributed by atoms with Crippen molar-refractivity contribution < 1.29 is 14.2 Å². The molecule has 4 rings (SSSR count). The van der Waals surface area contributed by atoms with Crippen molar-refractivity contribution in [3.8, 4) is 28.9 Å². The molecule has 0 saturated carbocycles. The first-order valence-electron chi connectivity index (χ1n) is 10.0. The summed E-state index contributed by atoms with van der Waals surface area (Å²) in [7, 11) is 0. The van der Waals surface area contributed by atoms with Crippen LogP contribution in [-0.4, -0.2) is 37.8 Å². The van der Waals surface area contributed by atoms with Gasteiger partial charge in [0.15, 0.2) is 5.69 Å². The van der Waals surface area contributed by atoms with Crippen LogP contribution in [-0.2, 0) is 0 Å². The molecule has 0 aliphatic heterocycles. The fourth-order valence-corrected chi connectivity index (χ4v) is 3.09. The summed E-state index contributed by atoms with van der Waals surface area (Å²) >= 11 is 0. The number of anilines is 1. The third-order valence-electron chi connectivity index (χ3n) is 4.69. The van der Waals surface area contributed by atoms with Gasteiger partial charge in [-0.25, -0.2) is 4.63 Å². The first kappa shape index (κ1) is 22.0. The standard InChI is InChI=1S/C22H19N9O3/c1-3-33-17-6-4-5-16(11-17)19-18(26-30-31(19)21-20(24)28-34-29-21)22(32)27-25-13(2)15-9-7-14(12-23)8-10-15/h4-11,25H,2-3H2,1H3,(H2,24,28)(H,27,32). The zero-order valence-corrected chi connectivity index (χ0v) is 18.0. The second-order valence-corrected chi connectivity index (χ2v) is 6.88. The van der Waals surface area contributed by atoms with Gasteiger partial charge >= 0.3 is 0 Å². The van der Waals surface area contributed by atoms with Crippen LogP contribution in [0.3, 0.4) is 0 Å². The lowest BCUT2D eigenvalue weighted by Crippen LogP contribution is -2.36. The third-order valence-corrected chi connectivity index (χ3v) is 4.69. The number of nitriles is 1. The van der Waals surface area contributed by atoms with E-state index in [1.807, 2.05) is 13.0 Å². The Balaban J connectivity index is 1.64. The van der Waals surface area contributed by atoms with Crippen LogP contribution in [0.2, 0.25) is 0 Å². The van der Waals surface area contributed by atoms with Gasteiger partial charge in [0.25, 0.3) is 5.91 Å². The van der Waals surface area contributed by atoms with Gasteiger partial charge in [0.2, 0.25) is 11.6 Å². The predicted octanol–water partition coefficient (Wildman–Crippen LogP) is 2.08. The molecular weight excluding hydrogens is 438 g/mol. The van der Waals surface area contributed by atoms with Crippen LogP contribution in [0.25, 0.3) is 22.8 Å². The summed E-state index contributed by atoms with van der Waals surface area (Å²) in [5, 5.41) is 24.3. The Hall–Kier alpha value is -5.18. The van der Waals surface area contributed by atoms with Crippen LogP contribution in [0.5, 0.6) is 5.75 Å². The van der Waals surface area contributed by atoms with Crippen molar-refractivity contribution in [2.75, 3.05) is 12.3 Å².